The van der Waals surface area contributed by atoms with Crippen LogP contribution in [-0.4, -0.2) is 24.3 Å². The molecule has 0 atom stereocenters. The Labute approximate surface area is 94.3 Å². The number of carbonyl (C=O) groups excluding carboxylic acids is 2. The maximum Gasteiger partial charge on any atom is 0.452 e. The molecule has 1 amide bonds. The third-order valence-electron chi connectivity index (χ3n) is 1.10. The van der Waals surface area contributed by atoms with Gasteiger partial charge >= 0.3 is 12.1 Å². The van der Waals surface area contributed by atoms with E-state index in [4.69, 9.17) is 4.74 Å². The van der Waals surface area contributed by atoms with E-state index in [1.165, 1.54) is 0 Å². The molecule has 90 valence electrons. The van der Waals surface area contributed by atoms with Crippen molar-refractivity contribution in [1.29, 1.82) is 0 Å². The molecule has 6 nitrogen and oxygen atoms in total. The maximum absolute atomic E-state index is 11.0. The third-order valence-corrected chi connectivity index (χ3v) is 1.10. The number of amides is 1. The van der Waals surface area contributed by atoms with E-state index in [0.29, 0.717) is 0 Å². The summed E-state index contributed by atoms with van der Waals surface area (Å²) in [6.07, 6.45) is 1.33. The van der Waals surface area contributed by atoms with Crippen molar-refractivity contribution in [1.82, 2.24) is 0 Å². The topological polar surface area (TPSA) is 77.3 Å². The molecule has 0 aromatic carbocycles. The molecule has 0 aliphatic carbocycles. The number of rotatable bonds is 3. The number of nitrogens with zero attached hydrogens (tertiary/aromatic N) is 2. The van der Waals surface area contributed by atoms with Gasteiger partial charge in [-0.15, -0.1) is 0 Å². The lowest BCUT2D eigenvalue weighted by molar-refractivity contribution is -0.137. The Balaban J connectivity index is 4.01. The van der Waals surface area contributed by atoms with Gasteiger partial charge in [0.25, 0.3) is 0 Å². The monoisotopic (exact) mass is 228 g/mol. The predicted molar refractivity (Wildman–Crippen MR) is 56.9 cm³/mol. The SMILES string of the molecule is CCOC(=O)/C=C/N=N/C(=O)OC(C)(C)C. The van der Waals surface area contributed by atoms with Gasteiger partial charge < -0.3 is 9.47 Å². The normalized spacial score (nSPS) is 12.0. The lowest BCUT2D eigenvalue weighted by atomic mass is 10.2. The van der Waals surface area contributed by atoms with Crippen LogP contribution in [0, 0.1) is 0 Å². The van der Waals surface area contributed by atoms with Crippen molar-refractivity contribution in [3.8, 4) is 0 Å². The van der Waals surface area contributed by atoms with Crippen LogP contribution in [0.5, 0.6) is 0 Å². The van der Waals surface area contributed by atoms with E-state index in [1.54, 1.807) is 27.7 Å². The van der Waals surface area contributed by atoms with Gasteiger partial charge in [-0.2, -0.15) is 5.11 Å². The Hall–Kier alpha value is -1.72. The molecule has 0 saturated carbocycles. The van der Waals surface area contributed by atoms with Crippen LogP contribution in [0.3, 0.4) is 0 Å². The average Bonchev–Trinajstić information content (AvgIpc) is 2.10. The van der Waals surface area contributed by atoms with Crippen LogP contribution < -0.4 is 0 Å². The summed E-state index contributed by atoms with van der Waals surface area (Å²) in [4.78, 5) is 21.8. The maximum atomic E-state index is 11.0. The van der Waals surface area contributed by atoms with Crippen molar-refractivity contribution < 1.29 is 19.1 Å². The minimum Gasteiger partial charge on any atom is -0.463 e. The van der Waals surface area contributed by atoms with Gasteiger partial charge in [-0.1, -0.05) is 5.11 Å². The molecule has 0 fully saturated rings. The minimum atomic E-state index is -0.805. The summed E-state index contributed by atoms with van der Waals surface area (Å²) < 4.78 is 9.43. The predicted octanol–water partition coefficient (Wildman–Crippen LogP) is 2.45. The highest BCUT2D eigenvalue weighted by atomic mass is 16.6. The molecule has 16 heavy (non-hydrogen) atoms. The van der Waals surface area contributed by atoms with Crippen molar-refractivity contribution in [2.75, 3.05) is 6.61 Å². The van der Waals surface area contributed by atoms with Crippen molar-refractivity contribution in [3.05, 3.63) is 12.3 Å². The molecular formula is C10H16N2O4. The standard InChI is InChI=1S/C10H16N2O4/c1-5-15-8(13)6-7-11-12-9(14)16-10(2,3)4/h6-7H,5H2,1-4H3/b7-6+,12-11+. The minimum absolute atomic E-state index is 0.284. The molecule has 0 saturated heterocycles. The fraction of sp³-hybridized carbons (Fsp3) is 0.600. The first-order valence-electron chi connectivity index (χ1n) is 4.82. The highest BCUT2D eigenvalue weighted by Gasteiger charge is 2.15. The molecule has 0 aromatic rings. The lowest BCUT2D eigenvalue weighted by Gasteiger charge is -2.16. The van der Waals surface area contributed by atoms with E-state index in [0.717, 1.165) is 12.3 Å². The summed E-state index contributed by atoms with van der Waals surface area (Å²) in [5, 5.41) is 6.56. The second kappa shape index (κ2) is 6.71. The molecule has 0 heterocycles. The zero-order valence-corrected chi connectivity index (χ0v) is 9.89. The molecular weight excluding hydrogens is 212 g/mol. The summed E-state index contributed by atoms with van der Waals surface area (Å²) in [6.45, 7) is 7.12. The van der Waals surface area contributed by atoms with E-state index in [2.05, 4.69) is 15.0 Å². The Kier molecular flexibility index (Phi) is 5.99. The molecule has 0 bridgehead atoms. The van der Waals surface area contributed by atoms with Crippen LogP contribution in [0.2, 0.25) is 0 Å². The summed E-state index contributed by atoms with van der Waals surface area (Å²) in [7, 11) is 0. The second-order valence-electron chi connectivity index (χ2n) is 3.76. The van der Waals surface area contributed by atoms with Crippen LogP contribution in [0.4, 0.5) is 4.79 Å². The zero-order valence-electron chi connectivity index (χ0n) is 9.89. The molecule has 0 N–H and O–H groups in total. The quantitative estimate of drug-likeness (QED) is 0.422. The van der Waals surface area contributed by atoms with Crippen LogP contribution in [0.15, 0.2) is 22.5 Å². The number of hydrogen-bond donors (Lipinski definition) is 0. The number of esters is 1. The van der Waals surface area contributed by atoms with Gasteiger partial charge in [0, 0.05) is 6.08 Å². The molecule has 0 rings (SSSR count). The van der Waals surface area contributed by atoms with E-state index in [-0.39, 0.29) is 6.61 Å². The van der Waals surface area contributed by atoms with Gasteiger partial charge in [0.1, 0.15) is 5.60 Å². The van der Waals surface area contributed by atoms with Crippen LogP contribution in [0.25, 0.3) is 0 Å². The molecule has 0 aliphatic rings. The van der Waals surface area contributed by atoms with E-state index < -0.39 is 17.7 Å². The van der Waals surface area contributed by atoms with Gasteiger partial charge in [-0.05, 0) is 27.7 Å². The fourth-order valence-electron chi connectivity index (χ4n) is 0.647. The average molecular weight is 228 g/mol. The lowest BCUT2D eigenvalue weighted by Crippen LogP contribution is -2.21. The first kappa shape index (κ1) is 14.3. The number of hydrogen-bond acceptors (Lipinski definition) is 5. The molecule has 0 spiro atoms. The second-order valence-corrected chi connectivity index (χ2v) is 3.76. The molecule has 6 heteroatoms. The number of azo groups is 1. The highest BCUT2D eigenvalue weighted by Crippen LogP contribution is 2.07. The summed E-state index contributed by atoms with van der Waals surface area (Å²) >= 11 is 0. The van der Waals surface area contributed by atoms with Gasteiger partial charge in [-0.25, -0.2) is 9.59 Å². The molecule has 0 unspecified atom stereocenters. The van der Waals surface area contributed by atoms with Crippen LogP contribution in [-0.2, 0) is 14.3 Å². The molecule has 0 aromatic heterocycles. The number of carbonyl (C=O) groups is 2. The Morgan fingerprint density at radius 2 is 1.94 bits per heavy atom. The van der Waals surface area contributed by atoms with E-state index in [9.17, 15) is 9.59 Å². The van der Waals surface area contributed by atoms with Gasteiger partial charge in [0.15, 0.2) is 0 Å². The zero-order chi connectivity index (χ0) is 12.6. The molecule has 0 radical (unpaired) electrons. The smallest absolute Gasteiger partial charge is 0.452 e. The Morgan fingerprint density at radius 3 is 2.44 bits per heavy atom. The summed E-state index contributed by atoms with van der Waals surface area (Å²) in [5.74, 6) is -0.536. The van der Waals surface area contributed by atoms with Crippen molar-refractivity contribution in [2.24, 2.45) is 10.2 Å². The first-order valence-corrected chi connectivity index (χ1v) is 4.82. The summed E-state index contributed by atoms with van der Waals surface area (Å²) in [5.41, 5.74) is -0.610. The van der Waals surface area contributed by atoms with Crippen LogP contribution in [0.1, 0.15) is 27.7 Å². The van der Waals surface area contributed by atoms with Gasteiger partial charge in [-0.3, -0.25) is 0 Å². The van der Waals surface area contributed by atoms with Crippen molar-refractivity contribution >= 4 is 12.1 Å². The Morgan fingerprint density at radius 1 is 1.31 bits per heavy atom. The van der Waals surface area contributed by atoms with Crippen LogP contribution >= 0.6 is 0 Å². The molecule has 0 aliphatic heterocycles. The largest absolute Gasteiger partial charge is 0.463 e. The van der Waals surface area contributed by atoms with Gasteiger partial charge in [0.2, 0.25) is 0 Å². The van der Waals surface area contributed by atoms with Crippen molar-refractivity contribution in [2.45, 2.75) is 33.3 Å². The highest BCUT2D eigenvalue weighted by molar-refractivity contribution is 5.81. The Bertz CT molecular complexity index is 302. The van der Waals surface area contributed by atoms with E-state index in [1.807, 2.05) is 0 Å². The van der Waals surface area contributed by atoms with Gasteiger partial charge in [0.05, 0.1) is 12.8 Å². The van der Waals surface area contributed by atoms with Crippen molar-refractivity contribution in [3.63, 3.8) is 0 Å². The number of ether oxygens (including phenoxy) is 2. The van der Waals surface area contributed by atoms with E-state index >= 15 is 0 Å². The third kappa shape index (κ3) is 8.86. The summed E-state index contributed by atoms with van der Waals surface area (Å²) in [6, 6.07) is 0. The fourth-order valence-corrected chi connectivity index (χ4v) is 0.647. The first-order chi connectivity index (χ1) is 7.35.